The Hall–Kier alpha value is -0.730. The van der Waals surface area contributed by atoms with Crippen LogP contribution in [0.5, 0.6) is 0 Å². The van der Waals surface area contributed by atoms with Gasteiger partial charge in [0.2, 0.25) is 0 Å². The van der Waals surface area contributed by atoms with Gasteiger partial charge in [-0.1, -0.05) is 38.8 Å². The highest BCUT2D eigenvalue weighted by Gasteiger charge is 2.39. The molecule has 0 radical (unpaired) electrons. The van der Waals surface area contributed by atoms with Crippen molar-refractivity contribution in [3.8, 4) is 0 Å². The van der Waals surface area contributed by atoms with Crippen LogP contribution in [0.4, 0.5) is 5.69 Å². The van der Waals surface area contributed by atoms with Crippen LogP contribution >= 0.6 is 11.6 Å². The zero-order valence-corrected chi connectivity index (χ0v) is 14.2. The van der Waals surface area contributed by atoms with Crippen molar-refractivity contribution in [2.45, 2.75) is 58.4 Å². The normalized spacial score (nSPS) is 26.6. The molecule has 118 valence electrons. The third-order valence-corrected chi connectivity index (χ3v) is 5.77. The highest BCUT2D eigenvalue weighted by atomic mass is 35.5. The minimum absolute atomic E-state index is 0.172. The lowest BCUT2D eigenvalue weighted by Gasteiger charge is -2.45. The SMILES string of the molecule is CCC(C)(C)C1CCC(CO)(Nc2ccc(Cl)cc2)CC1. The van der Waals surface area contributed by atoms with Crippen LogP contribution in [0.1, 0.15) is 52.9 Å². The standard InChI is InChI=1S/C18H28ClNO/c1-4-17(2,3)14-9-11-18(13-21,12-10-14)20-16-7-5-15(19)6-8-16/h5-8,14,20-21H,4,9-13H2,1-3H3. The maximum atomic E-state index is 9.92. The molecule has 0 unspecified atom stereocenters. The highest BCUT2D eigenvalue weighted by molar-refractivity contribution is 6.30. The van der Waals surface area contributed by atoms with E-state index in [2.05, 4.69) is 26.1 Å². The van der Waals surface area contributed by atoms with E-state index < -0.39 is 0 Å². The Morgan fingerprint density at radius 2 is 1.81 bits per heavy atom. The van der Waals surface area contributed by atoms with Crippen LogP contribution in [-0.4, -0.2) is 17.3 Å². The lowest BCUT2D eigenvalue weighted by molar-refractivity contribution is 0.0921. The van der Waals surface area contributed by atoms with Crippen molar-refractivity contribution in [2.75, 3.05) is 11.9 Å². The molecule has 2 N–H and O–H groups in total. The fourth-order valence-electron chi connectivity index (χ4n) is 3.40. The molecule has 3 heteroatoms. The van der Waals surface area contributed by atoms with Gasteiger partial charge in [0.25, 0.3) is 0 Å². The number of rotatable bonds is 5. The van der Waals surface area contributed by atoms with Crippen molar-refractivity contribution in [1.29, 1.82) is 0 Å². The second kappa shape index (κ2) is 6.58. The second-order valence-corrected chi connectivity index (χ2v) is 7.62. The molecule has 0 bridgehead atoms. The summed E-state index contributed by atoms with van der Waals surface area (Å²) in [5, 5.41) is 14.2. The van der Waals surface area contributed by atoms with E-state index in [1.807, 2.05) is 24.3 Å². The molecule has 0 amide bonds. The molecule has 2 rings (SSSR count). The molecular formula is C18H28ClNO. The van der Waals surface area contributed by atoms with Gasteiger partial charge in [0.1, 0.15) is 0 Å². The van der Waals surface area contributed by atoms with E-state index in [-0.39, 0.29) is 12.1 Å². The van der Waals surface area contributed by atoms with Crippen molar-refractivity contribution in [2.24, 2.45) is 11.3 Å². The van der Waals surface area contributed by atoms with Gasteiger partial charge in [-0.25, -0.2) is 0 Å². The fourth-order valence-corrected chi connectivity index (χ4v) is 3.53. The summed E-state index contributed by atoms with van der Waals surface area (Å²) >= 11 is 5.93. The fraction of sp³-hybridized carbons (Fsp3) is 0.667. The van der Waals surface area contributed by atoms with Gasteiger partial charge in [-0.3, -0.25) is 0 Å². The van der Waals surface area contributed by atoms with Crippen molar-refractivity contribution in [3.63, 3.8) is 0 Å². The van der Waals surface area contributed by atoms with Gasteiger partial charge < -0.3 is 10.4 Å². The number of anilines is 1. The first-order valence-corrected chi connectivity index (χ1v) is 8.43. The second-order valence-electron chi connectivity index (χ2n) is 7.19. The largest absolute Gasteiger partial charge is 0.394 e. The van der Waals surface area contributed by atoms with Crippen LogP contribution in [0.3, 0.4) is 0 Å². The molecule has 1 aliphatic rings. The number of aliphatic hydroxyl groups excluding tert-OH is 1. The first-order chi connectivity index (χ1) is 9.91. The van der Waals surface area contributed by atoms with Crippen molar-refractivity contribution < 1.29 is 5.11 Å². The van der Waals surface area contributed by atoms with Crippen molar-refractivity contribution in [1.82, 2.24) is 0 Å². The molecule has 0 saturated heterocycles. The average molecular weight is 310 g/mol. The van der Waals surface area contributed by atoms with E-state index in [1.165, 1.54) is 19.3 Å². The van der Waals surface area contributed by atoms with Gasteiger partial charge in [-0.05, 0) is 61.3 Å². The highest BCUT2D eigenvalue weighted by Crippen LogP contribution is 2.44. The molecule has 21 heavy (non-hydrogen) atoms. The summed E-state index contributed by atoms with van der Waals surface area (Å²) in [5.41, 5.74) is 1.28. The summed E-state index contributed by atoms with van der Waals surface area (Å²) in [5.74, 6) is 0.759. The zero-order chi connectivity index (χ0) is 15.5. The quantitative estimate of drug-likeness (QED) is 0.792. The third kappa shape index (κ3) is 3.92. The first kappa shape index (κ1) is 16.6. The molecule has 1 aliphatic carbocycles. The Morgan fingerprint density at radius 3 is 2.29 bits per heavy atom. The predicted molar refractivity (Wildman–Crippen MR) is 90.9 cm³/mol. The van der Waals surface area contributed by atoms with Gasteiger partial charge >= 0.3 is 0 Å². The molecule has 1 saturated carbocycles. The number of hydrogen-bond acceptors (Lipinski definition) is 2. The monoisotopic (exact) mass is 309 g/mol. The Bertz CT molecular complexity index is 447. The van der Waals surface area contributed by atoms with E-state index in [4.69, 9.17) is 11.6 Å². The molecular weight excluding hydrogens is 282 g/mol. The molecule has 0 aliphatic heterocycles. The van der Waals surface area contributed by atoms with E-state index >= 15 is 0 Å². The van der Waals surface area contributed by atoms with Crippen LogP contribution in [0.25, 0.3) is 0 Å². The van der Waals surface area contributed by atoms with Crippen molar-refractivity contribution in [3.05, 3.63) is 29.3 Å². The van der Waals surface area contributed by atoms with Gasteiger partial charge in [0, 0.05) is 10.7 Å². The number of aliphatic hydroxyl groups is 1. The summed E-state index contributed by atoms with van der Waals surface area (Å²) in [4.78, 5) is 0. The van der Waals surface area contributed by atoms with Gasteiger partial charge in [0.15, 0.2) is 0 Å². The van der Waals surface area contributed by atoms with E-state index in [0.29, 0.717) is 5.41 Å². The Morgan fingerprint density at radius 1 is 1.24 bits per heavy atom. The Kier molecular flexibility index (Phi) is 5.21. The minimum atomic E-state index is -0.172. The molecule has 0 heterocycles. The van der Waals surface area contributed by atoms with Gasteiger partial charge in [0.05, 0.1) is 12.1 Å². The Balaban J connectivity index is 2.03. The zero-order valence-electron chi connectivity index (χ0n) is 13.5. The molecule has 1 aromatic carbocycles. The smallest absolute Gasteiger partial charge is 0.0661 e. The first-order valence-electron chi connectivity index (χ1n) is 8.05. The van der Waals surface area contributed by atoms with Gasteiger partial charge in [-0.2, -0.15) is 0 Å². The van der Waals surface area contributed by atoms with Crippen LogP contribution < -0.4 is 5.32 Å². The van der Waals surface area contributed by atoms with Crippen LogP contribution in [0.15, 0.2) is 24.3 Å². The summed E-state index contributed by atoms with van der Waals surface area (Å²) in [7, 11) is 0. The minimum Gasteiger partial charge on any atom is -0.394 e. The summed E-state index contributed by atoms with van der Waals surface area (Å²) in [6, 6.07) is 7.76. The lowest BCUT2D eigenvalue weighted by atomic mass is 9.65. The topological polar surface area (TPSA) is 32.3 Å². The van der Waals surface area contributed by atoms with Crippen LogP contribution in [0.2, 0.25) is 5.02 Å². The number of nitrogens with one attached hydrogen (secondary N) is 1. The molecule has 0 atom stereocenters. The third-order valence-electron chi connectivity index (χ3n) is 5.52. The van der Waals surface area contributed by atoms with E-state index in [0.717, 1.165) is 29.5 Å². The molecule has 1 aromatic rings. The number of halogens is 1. The molecule has 0 spiro atoms. The predicted octanol–water partition coefficient (Wildman–Crippen LogP) is 5.11. The summed E-state index contributed by atoms with van der Waals surface area (Å²) in [6.07, 6.45) is 5.64. The van der Waals surface area contributed by atoms with Gasteiger partial charge in [-0.15, -0.1) is 0 Å². The molecule has 2 nitrogen and oxygen atoms in total. The van der Waals surface area contributed by atoms with Crippen molar-refractivity contribution >= 4 is 17.3 Å². The van der Waals surface area contributed by atoms with Crippen LogP contribution in [0, 0.1) is 11.3 Å². The van der Waals surface area contributed by atoms with Crippen LogP contribution in [-0.2, 0) is 0 Å². The summed E-state index contributed by atoms with van der Waals surface area (Å²) < 4.78 is 0. The number of benzene rings is 1. The average Bonchev–Trinajstić information content (AvgIpc) is 2.50. The molecule has 1 fully saturated rings. The molecule has 0 aromatic heterocycles. The summed E-state index contributed by atoms with van der Waals surface area (Å²) in [6.45, 7) is 7.21. The van der Waals surface area contributed by atoms with E-state index in [1.54, 1.807) is 0 Å². The van der Waals surface area contributed by atoms with E-state index in [9.17, 15) is 5.11 Å². The maximum absolute atomic E-state index is 9.92. The maximum Gasteiger partial charge on any atom is 0.0661 e. The lowest BCUT2D eigenvalue weighted by Crippen LogP contribution is -2.47. The number of hydrogen-bond donors (Lipinski definition) is 2. The Labute approximate surface area is 133 Å².